The van der Waals surface area contributed by atoms with Crippen molar-refractivity contribution in [1.29, 1.82) is 0 Å². The molecular formula is C12H16N2O4. The Morgan fingerprint density at radius 2 is 2.39 bits per heavy atom. The maximum atomic E-state index is 10.9. The van der Waals surface area contributed by atoms with Crippen LogP contribution in [0.1, 0.15) is 12.8 Å². The average Bonchev–Trinajstić information content (AvgIpc) is 2.88. The smallest absolute Gasteiger partial charge is 0.311 e. The van der Waals surface area contributed by atoms with Gasteiger partial charge in [0.15, 0.2) is 0 Å². The topological polar surface area (TPSA) is 73.6 Å². The Labute approximate surface area is 105 Å². The number of rotatable bonds is 5. The molecule has 6 nitrogen and oxygen atoms in total. The van der Waals surface area contributed by atoms with Crippen LogP contribution < -0.4 is 14.8 Å². The number of methoxy groups -OCH3 is 1. The fourth-order valence-corrected chi connectivity index (χ4v) is 1.98. The highest BCUT2D eigenvalue weighted by atomic mass is 16.6. The van der Waals surface area contributed by atoms with Crippen LogP contribution in [0.2, 0.25) is 0 Å². The average molecular weight is 252 g/mol. The fraction of sp³-hybridized carbons (Fsp3) is 0.500. The van der Waals surface area contributed by atoms with Crippen LogP contribution in [0, 0.1) is 10.1 Å². The van der Waals surface area contributed by atoms with Crippen LogP contribution in [-0.2, 0) is 0 Å². The summed E-state index contributed by atoms with van der Waals surface area (Å²) in [4.78, 5) is 10.4. The van der Waals surface area contributed by atoms with E-state index in [0.717, 1.165) is 19.4 Å². The van der Waals surface area contributed by atoms with Gasteiger partial charge in [0.25, 0.3) is 0 Å². The lowest BCUT2D eigenvalue weighted by molar-refractivity contribution is -0.385. The molecule has 1 saturated heterocycles. The van der Waals surface area contributed by atoms with Crippen molar-refractivity contribution in [2.75, 3.05) is 20.3 Å². The highest BCUT2D eigenvalue weighted by Crippen LogP contribution is 2.31. The number of nitrogens with one attached hydrogen (secondary N) is 1. The molecule has 1 N–H and O–H groups in total. The molecule has 1 fully saturated rings. The molecule has 2 rings (SSSR count). The summed E-state index contributed by atoms with van der Waals surface area (Å²) in [5, 5.41) is 14.2. The zero-order chi connectivity index (χ0) is 13.0. The summed E-state index contributed by atoms with van der Waals surface area (Å²) < 4.78 is 10.6. The number of benzene rings is 1. The molecule has 0 radical (unpaired) electrons. The first kappa shape index (κ1) is 12.6. The summed E-state index contributed by atoms with van der Waals surface area (Å²) in [5.41, 5.74) is -0.0335. The van der Waals surface area contributed by atoms with Gasteiger partial charge in [-0.05, 0) is 25.5 Å². The Hall–Kier alpha value is -1.82. The molecule has 1 aliphatic heterocycles. The summed E-state index contributed by atoms with van der Waals surface area (Å²) >= 11 is 0. The molecule has 1 heterocycles. The van der Waals surface area contributed by atoms with E-state index in [1.54, 1.807) is 12.1 Å². The molecule has 0 amide bonds. The zero-order valence-electron chi connectivity index (χ0n) is 10.2. The van der Waals surface area contributed by atoms with Crippen molar-refractivity contribution >= 4 is 5.69 Å². The van der Waals surface area contributed by atoms with Gasteiger partial charge in [0.1, 0.15) is 12.4 Å². The van der Waals surface area contributed by atoms with Crippen molar-refractivity contribution in [1.82, 2.24) is 5.32 Å². The molecule has 18 heavy (non-hydrogen) atoms. The van der Waals surface area contributed by atoms with Gasteiger partial charge in [-0.1, -0.05) is 0 Å². The predicted octanol–water partition coefficient (Wildman–Crippen LogP) is 1.73. The second kappa shape index (κ2) is 5.68. The van der Waals surface area contributed by atoms with E-state index >= 15 is 0 Å². The first-order valence-electron chi connectivity index (χ1n) is 5.89. The van der Waals surface area contributed by atoms with Crippen molar-refractivity contribution in [2.45, 2.75) is 18.9 Å². The molecule has 1 aliphatic rings. The number of nitro groups is 1. The lowest BCUT2D eigenvalue weighted by atomic mass is 10.2. The van der Waals surface area contributed by atoms with Crippen LogP contribution in [0.4, 0.5) is 5.69 Å². The summed E-state index contributed by atoms with van der Waals surface area (Å²) in [5.74, 6) is 0.808. The van der Waals surface area contributed by atoms with Gasteiger partial charge >= 0.3 is 5.69 Å². The number of ether oxygens (including phenoxy) is 2. The van der Waals surface area contributed by atoms with Crippen molar-refractivity contribution in [3.63, 3.8) is 0 Å². The molecule has 1 aromatic carbocycles. The first-order valence-corrected chi connectivity index (χ1v) is 5.89. The number of hydrogen-bond donors (Lipinski definition) is 1. The molecule has 0 aromatic heterocycles. The second-order valence-corrected chi connectivity index (χ2v) is 4.20. The van der Waals surface area contributed by atoms with E-state index in [2.05, 4.69) is 5.32 Å². The minimum absolute atomic E-state index is 0.0335. The predicted molar refractivity (Wildman–Crippen MR) is 66.2 cm³/mol. The Morgan fingerprint density at radius 1 is 1.56 bits per heavy atom. The summed E-state index contributed by atoms with van der Waals surface area (Å²) in [6, 6.07) is 4.78. The minimum Gasteiger partial charge on any atom is -0.497 e. The van der Waals surface area contributed by atoms with Gasteiger partial charge in [0, 0.05) is 18.2 Å². The van der Waals surface area contributed by atoms with Gasteiger partial charge in [0.05, 0.1) is 12.0 Å². The lowest BCUT2D eigenvalue weighted by Crippen LogP contribution is -2.28. The van der Waals surface area contributed by atoms with Crippen LogP contribution >= 0.6 is 0 Å². The Bertz CT molecular complexity index is 430. The van der Waals surface area contributed by atoms with E-state index in [9.17, 15) is 10.1 Å². The Kier molecular flexibility index (Phi) is 3.99. The van der Waals surface area contributed by atoms with E-state index in [1.165, 1.54) is 13.2 Å². The summed E-state index contributed by atoms with van der Waals surface area (Å²) in [7, 11) is 1.52. The van der Waals surface area contributed by atoms with Crippen molar-refractivity contribution in [2.24, 2.45) is 0 Å². The number of nitrogens with zero attached hydrogens (tertiary/aromatic N) is 1. The molecule has 0 saturated carbocycles. The molecule has 0 spiro atoms. The molecule has 0 unspecified atom stereocenters. The third kappa shape index (κ3) is 2.89. The van der Waals surface area contributed by atoms with E-state index in [0.29, 0.717) is 12.4 Å². The van der Waals surface area contributed by atoms with Crippen LogP contribution in [0.15, 0.2) is 18.2 Å². The third-order valence-electron chi connectivity index (χ3n) is 2.97. The van der Waals surface area contributed by atoms with Gasteiger partial charge in [-0.25, -0.2) is 0 Å². The standard InChI is InChI=1S/C12H16N2O4/c1-17-10-4-5-11(14(15)16)12(7-10)18-8-9-3-2-6-13-9/h4-5,7,9,13H,2-3,6,8H2,1H3/t9-/m1/s1. The molecule has 1 atom stereocenters. The van der Waals surface area contributed by atoms with Gasteiger partial charge in [-0.2, -0.15) is 0 Å². The monoisotopic (exact) mass is 252 g/mol. The van der Waals surface area contributed by atoms with E-state index < -0.39 is 4.92 Å². The minimum atomic E-state index is -0.448. The van der Waals surface area contributed by atoms with Crippen LogP contribution in [-0.4, -0.2) is 31.2 Å². The molecule has 1 aromatic rings. The second-order valence-electron chi connectivity index (χ2n) is 4.20. The van der Waals surface area contributed by atoms with Crippen LogP contribution in [0.3, 0.4) is 0 Å². The SMILES string of the molecule is COc1ccc([N+](=O)[O-])c(OC[C@H]2CCCN2)c1. The summed E-state index contributed by atoms with van der Waals surface area (Å²) in [6.07, 6.45) is 2.16. The lowest BCUT2D eigenvalue weighted by Gasteiger charge is -2.12. The maximum absolute atomic E-state index is 10.9. The van der Waals surface area contributed by atoms with Crippen LogP contribution in [0.25, 0.3) is 0 Å². The van der Waals surface area contributed by atoms with Crippen molar-refractivity contribution in [3.05, 3.63) is 28.3 Å². The van der Waals surface area contributed by atoms with Crippen LogP contribution in [0.5, 0.6) is 11.5 Å². The number of nitro benzene ring substituents is 1. The van der Waals surface area contributed by atoms with Gasteiger partial charge in [-0.15, -0.1) is 0 Å². The first-order chi connectivity index (χ1) is 8.70. The van der Waals surface area contributed by atoms with Crippen molar-refractivity contribution in [3.8, 4) is 11.5 Å². The molecule has 98 valence electrons. The third-order valence-corrected chi connectivity index (χ3v) is 2.97. The molecule has 0 aliphatic carbocycles. The molecule has 6 heteroatoms. The summed E-state index contributed by atoms with van der Waals surface area (Å²) in [6.45, 7) is 1.42. The van der Waals surface area contributed by atoms with Gasteiger partial charge in [0.2, 0.25) is 5.75 Å². The van der Waals surface area contributed by atoms with Gasteiger partial charge in [-0.3, -0.25) is 10.1 Å². The Balaban J connectivity index is 2.10. The van der Waals surface area contributed by atoms with E-state index in [1.807, 2.05) is 0 Å². The normalized spacial score (nSPS) is 18.6. The quantitative estimate of drug-likeness (QED) is 0.638. The van der Waals surface area contributed by atoms with Gasteiger partial charge < -0.3 is 14.8 Å². The highest BCUT2D eigenvalue weighted by molar-refractivity contribution is 5.50. The maximum Gasteiger partial charge on any atom is 0.311 e. The Morgan fingerprint density at radius 3 is 3.00 bits per heavy atom. The highest BCUT2D eigenvalue weighted by Gasteiger charge is 2.19. The largest absolute Gasteiger partial charge is 0.497 e. The number of hydrogen-bond acceptors (Lipinski definition) is 5. The van der Waals surface area contributed by atoms with E-state index in [-0.39, 0.29) is 17.5 Å². The van der Waals surface area contributed by atoms with Crippen molar-refractivity contribution < 1.29 is 14.4 Å². The van der Waals surface area contributed by atoms with E-state index in [4.69, 9.17) is 9.47 Å². The molecular weight excluding hydrogens is 236 g/mol. The zero-order valence-corrected chi connectivity index (χ0v) is 10.2. The fourth-order valence-electron chi connectivity index (χ4n) is 1.98. The molecule has 0 bridgehead atoms.